The Labute approximate surface area is 110 Å². The van der Waals surface area contributed by atoms with Crippen LogP contribution in [-0.2, 0) is 0 Å². The van der Waals surface area contributed by atoms with Gasteiger partial charge >= 0.3 is 6.09 Å². The van der Waals surface area contributed by atoms with Gasteiger partial charge in [-0.15, -0.1) is 0 Å². The molecule has 0 aliphatic carbocycles. The lowest BCUT2D eigenvalue weighted by Crippen LogP contribution is -2.38. The molecule has 18 heavy (non-hydrogen) atoms. The molecule has 0 spiro atoms. The third-order valence-corrected chi connectivity index (χ3v) is 3.31. The molecule has 1 saturated heterocycles. The topological polar surface area (TPSA) is 75.8 Å². The van der Waals surface area contributed by atoms with Crippen LogP contribution in [0.25, 0.3) is 0 Å². The second-order valence-corrected chi connectivity index (χ2v) is 4.68. The molecule has 1 amide bonds. The summed E-state index contributed by atoms with van der Waals surface area (Å²) in [5.74, 6) is 0.531. The summed E-state index contributed by atoms with van der Waals surface area (Å²) in [6, 6.07) is 4.90. The summed E-state index contributed by atoms with van der Waals surface area (Å²) in [7, 11) is 0. The van der Waals surface area contributed by atoms with E-state index in [1.165, 1.54) is 4.90 Å². The lowest BCUT2D eigenvalue weighted by molar-refractivity contribution is 0.123. The molecule has 0 saturated carbocycles. The summed E-state index contributed by atoms with van der Waals surface area (Å²) in [6.45, 7) is 0.884. The van der Waals surface area contributed by atoms with Gasteiger partial charge in [-0.3, -0.25) is 0 Å². The maximum atomic E-state index is 11.0. The monoisotopic (exact) mass is 270 g/mol. The summed E-state index contributed by atoms with van der Waals surface area (Å²) < 4.78 is 5.56. The van der Waals surface area contributed by atoms with Crippen molar-refractivity contribution in [2.45, 2.75) is 18.9 Å². The normalized spacial score (nSPS) is 18.9. The van der Waals surface area contributed by atoms with Crippen LogP contribution >= 0.6 is 11.6 Å². The molecule has 1 fully saturated rings. The van der Waals surface area contributed by atoms with E-state index in [1.54, 1.807) is 18.2 Å². The minimum absolute atomic E-state index is 0.101. The minimum atomic E-state index is -0.899. The number of rotatable bonds is 3. The van der Waals surface area contributed by atoms with Gasteiger partial charge in [0.15, 0.2) is 0 Å². The van der Waals surface area contributed by atoms with E-state index in [1.807, 2.05) is 0 Å². The molecule has 0 radical (unpaired) electrons. The number of hydrogen-bond acceptors (Lipinski definition) is 3. The van der Waals surface area contributed by atoms with Crippen molar-refractivity contribution in [1.82, 2.24) is 4.90 Å². The minimum Gasteiger partial charge on any atom is -0.490 e. The van der Waals surface area contributed by atoms with Crippen molar-refractivity contribution < 1.29 is 14.6 Å². The molecule has 1 aromatic rings. The number of carbonyl (C=O) groups is 1. The number of likely N-dealkylation sites (tertiary alicyclic amines) is 1. The summed E-state index contributed by atoms with van der Waals surface area (Å²) >= 11 is 5.98. The van der Waals surface area contributed by atoms with Crippen molar-refractivity contribution in [1.29, 1.82) is 0 Å². The van der Waals surface area contributed by atoms with Gasteiger partial charge in [-0.1, -0.05) is 11.6 Å². The standard InChI is InChI=1S/C12H15ClN2O3/c13-10-6-8(14)3-4-11(10)18-7-9-2-1-5-15(9)12(16)17/h3-4,6,9H,1-2,5,7,14H2,(H,16,17)/t9-/m0/s1. The van der Waals surface area contributed by atoms with Gasteiger partial charge in [-0.25, -0.2) is 4.79 Å². The van der Waals surface area contributed by atoms with Crippen LogP contribution in [0.3, 0.4) is 0 Å². The van der Waals surface area contributed by atoms with Crippen LogP contribution in [0.2, 0.25) is 5.02 Å². The first-order chi connectivity index (χ1) is 8.58. The zero-order valence-corrected chi connectivity index (χ0v) is 10.6. The van der Waals surface area contributed by atoms with Crippen LogP contribution in [0, 0.1) is 0 Å². The lowest BCUT2D eigenvalue weighted by Gasteiger charge is -2.21. The highest BCUT2D eigenvalue weighted by molar-refractivity contribution is 6.32. The lowest BCUT2D eigenvalue weighted by atomic mass is 10.2. The van der Waals surface area contributed by atoms with Gasteiger partial charge in [0.1, 0.15) is 12.4 Å². The van der Waals surface area contributed by atoms with E-state index in [9.17, 15) is 4.79 Å². The smallest absolute Gasteiger partial charge is 0.407 e. The average molecular weight is 271 g/mol. The molecule has 3 N–H and O–H groups in total. The van der Waals surface area contributed by atoms with Crippen LogP contribution in [-0.4, -0.2) is 35.3 Å². The van der Waals surface area contributed by atoms with Crippen LogP contribution < -0.4 is 10.5 Å². The van der Waals surface area contributed by atoms with Crippen molar-refractivity contribution in [2.75, 3.05) is 18.9 Å². The number of amides is 1. The van der Waals surface area contributed by atoms with Crippen LogP contribution in [0.5, 0.6) is 5.75 Å². The molecule has 2 rings (SSSR count). The van der Waals surface area contributed by atoms with Gasteiger partial charge in [0, 0.05) is 12.2 Å². The first-order valence-electron chi connectivity index (χ1n) is 5.75. The van der Waals surface area contributed by atoms with Gasteiger partial charge < -0.3 is 20.5 Å². The number of nitrogens with two attached hydrogens (primary N) is 1. The molecule has 6 heteroatoms. The van der Waals surface area contributed by atoms with Crippen LogP contribution in [0.1, 0.15) is 12.8 Å². The fourth-order valence-electron chi connectivity index (χ4n) is 2.08. The zero-order chi connectivity index (χ0) is 13.1. The predicted molar refractivity (Wildman–Crippen MR) is 69.1 cm³/mol. The molecule has 1 aliphatic rings. The van der Waals surface area contributed by atoms with Gasteiger partial charge in [0.2, 0.25) is 0 Å². The Morgan fingerprint density at radius 2 is 2.39 bits per heavy atom. The second kappa shape index (κ2) is 5.35. The third-order valence-electron chi connectivity index (χ3n) is 3.01. The molecular formula is C12H15ClN2O3. The fraction of sp³-hybridized carbons (Fsp3) is 0.417. The fourth-order valence-corrected chi connectivity index (χ4v) is 2.32. The van der Waals surface area contributed by atoms with E-state index in [-0.39, 0.29) is 6.04 Å². The van der Waals surface area contributed by atoms with E-state index in [4.69, 9.17) is 27.2 Å². The summed E-state index contributed by atoms with van der Waals surface area (Å²) in [6.07, 6.45) is 0.791. The Morgan fingerprint density at radius 1 is 1.61 bits per heavy atom. The molecule has 1 aliphatic heterocycles. The van der Waals surface area contributed by atoms with Gasteiger partial charge in [0.05, 0.1) is 11.1 Å². The third kappa shape index (κ3) is 2.79. The Bertz CT molecular complexity index is 453. The number of hydrogen-bond donors (Lipinski definition) is 2. The number of nitrogen functional groups attached to an aromatic ring is 1. The van der Waals surface area contributed by atoms with Crippen LogP contribution in [0.15, 0.2) is 18.2 Å². The van der Waals surface area contributed by atoms with Crippen molar-refractivity contribution >= 4 is 23.4 Å². The Balaban J connectivity index is 1.97. The quantitative estimate of drug-likeness (QED) is 0.827. The largest absolute Gasteiger partial charge is 0.490 e. The number of nitrogens with zero attached hydrogens (tertiary/aromatic N) is 1. The highest BCUT2D eigenvalue weighted by Crippen LogP contribution is 2.27. The molecule has 5 nitrogen and oxygen atoms in total. The molecule has 0 aromatic heterocycles. The molecule has 1 atom stereocenters. The van der Waals surface area contributed by atoms with E-state index >= 15 is 0 Å². The summed E-state index contributed by atoms with van der Waals surface area (Å²) in [5, 5.41) is 9.44. The second-order valence-electron chi connectivity index (χ2n) is 4.27. The molecular weight excluding hydrogens is 256 g/mol. The first-order valence-corrected chi connectivity index (χ1v) is 6.13. The first kappa shape index (κ1) is 12.8. The van der Waals surface area contributed by atoms with E-state index in [0.29, 0.717) is 29.6 Å². The molecule has 1 heterocycles. The Kier molecular flexibility index (Phi) is 3.81. The molecule has 98 valence electrons. The van der Waals surface area contributed by atoms with Gasteiger partial charge in [-0.05, 0) is 31.0 Å². The van der Waals surface area contributed by atoms with E-state index < -0.39 is 6.09 Å². The predicted octanol–water partition coefficient (Wildman–Crippen LogP) is 2.44. The SMILES string of the molecule is Nc1ccc(OC[C@@H]2CCCN2C(=O)O)c(Cl)c1. The highest BCUT2D eigenvalue weighted by atomic mass is 35.5. The molecule has 0 bridgehead atoms. The number of carboxylic acid groups (broad SMARTS) is 1. The number of ether oxygens (including phenoxy) is 1. The molecule has 1 aromatic carbocycles. The Morgan fingerprint density at radius 3 is 3.06 bits per heavy atom. The van der Waals surface area contributed by atoms with E-state index in [0.717, 1.165) is 12.8 Å². The van der Waals surface area contributed by atoms with Crippen molar-refractivity contribution in [3.8, 4) is 5.75 Å². The highest BCUT2D eigenvalue weighted by Gasteiger charge is 2.28. The Hall–Kier alpha value is -1.62. The number of halogens is 1. The maximum absolute atomic E-state index is 11.0. The van der Waals surface area contributed by atoms with Crippen molar-refractivity contribution in [3.63, 3.8) is 0 Å². The van der Waals surface area contributed by atoms with Gasteiger partial charge in [-0.2, -0.15) is 0 Å². The van der Waals surface area contributed by atoms with E-state index in [2.05, 4.69) is 0 Å². The average Bonchev–Trinajstić information content (AvgIpc) is 2.76. The van der Waals surface area contributed by atoms with Crippen molar-refractivity contribution in [2.24, 2.45) is 0 Å². The molecule has 0 unspecified atom stereocenters. The summed E-state index contributed by atoms with van der Waals surface area (Å²) in [4.78, 5) is 12.4. The zero-order valence-electron chi connectivity index (χ0n) is 9.80. The maximum Gasteiger partial charge on any atom is 0.407 e. The van der Waals surface area contributed by atoms with Gasteiger partial charge in [0.25, 0.3) is 0 Å². The van der Waals surface area contributed by atoms with Crippen molar-refractivity contribution in [3.05, 3.63) is 23.2 Å². The number of anilines is 1. The van der Waals surface area contributed by atoms with Crippen LogP contribution in [0.4, 0.5) is 10.5 Å². The summed E-state index contributed by atoms with van der Waals surface area (Å²) in [5.41, 5.74) is 6.15. The number of benzene rings is 1.